The average Bonchev–Trinajstić information content (AvgIpc) is 2.51. The Morgan fingerprint density at radius 2 is 1.73 bits per heavy atom. The molecule has 0 aromatic heterocycles. The highest BCUT2D eigenvalue weighted by atomic mass is 16.5. The van der Waals surface area contributed by atoms with E-state index in [1.807, 2.05) is 0 Å². The van der Waals surface area contributed by atoms with Gasteiger partial charge in [-0.25, -0.2) is 0 Å². The van der Waals surface area contributed by atoms with Crippen LogP contribution in [0.2, 0.25) is 0 Å². The van der Waals surface area contributed by atoms with Gasteiger partial charge in [0.2, 0.25) is 0 Å². The molecule has 0 amide bonds. The van der Waals surface area contributed by atoms with Gasteiger partial charge >= 0.3 is 0 Å². The number of fused-ring (bicyclic) bond motifs is 1. The summed E-state index contributed by atoms with van der Waals surface area (Å²) in [4.78, 5) is 12.4. The van der Waals surface area contributed by atoms with Crippen LogP contribution in [0.5, 0.6) is 23.0 Å². The molecule has 114 valence electrons. The van der Waals surface area contributed by atoms with Crippen molar-refractivity contribution in [3.05, 3.63) is 46.5 Å². The lowest BCUT2D eigenvalue weighted by atomic mass is 9.91. The maximum atomic E-state index is 12.4. The Hall–Kier alpha value is -2.69. The third-order valence-electron chi connectivity index (χ3n) is 4.06. The summed E-state index contributed by atoms with van der Waals surface area (Å²) in [6.45, 7) is 3.25. The van der Waals surface area contributed by atoms with Gasteiger partial charge in [0, 0.05) is 28.7 Å². The molecular formula is C17H16O5. The average molecular weight is 300 g/mol. The lowest BCUT2D eigenvalue weighted by Gasteiger charge is -2.28. The number of hydrogen-bond donors (Lipinski definition) is 3. The number of Topliss-reactive ketones (excluding diaryl/α,β-unsaturated/α-hetero) is 1. The van der Waals surface area contributed by atoms with E-state index in [0.29, 0.717) is 28.0 Å². The number of phenolic OH excluding ortho intramolecular Hbond substituents is 3. The molecule has 0 saturated carbocycles. The van der Waals surface area contributed by atoms with Crippen molar-refractivity contribution in [2.75, 3.05) is 0 Å². The fourth-order valence-electron chi connectivity index (χ4n) is 2.78. The van der Waals surface area contributed by atoms with Crippen molar-refractivity contribution in [3.8, 4) is 23.0 Å². The summed E-state index contributed by atoms with van der Waals surface area (Å²) in [7, 11) is 0. The summed E-state index contributed by atoms with van der Waals surface area (Å²) in [5.41, 5.74) is 1.55. The summed E-state index contributed by atoms with van der Waals surface area (Å²) in [6.07, 6.45) is -0.962. The number of aromatic hydroxyl groups is 3. The highest BCUT2D eigenvalue weighted by Crippen LogP contribution is 2.46. The molecule has 3 rings (SSSR count). The fraction of sp³-hybridized carbons (Fsp3) is 0.235. The van der Waals surface area contributed by atoms with Crippen molar-refractivity contribution >= 4 is 5.78 Å². The number of para-hydroxylation sites is 1. The lowest BCUT2D eigenvalue weighted by Crippen LogP contribution is -2.26. The van der Waals surface area contributed by atoms with E-state index in [4.69, 9.17) is 4.74 Å². The summed E-state index contributed by atoms with van der Waals surface area (Å²) >= 11 is 0. The number of ether oxygens (including phenoxy) is 1. The van der Waals surface area contributed by atoms with Gasteiger partial charge in [0.25, 0.3) is 0 Å². The number of benzene rings is 2. The lowest BCUT2D eigenvalue weighted by molar-refractivity contribution is -0.126. The van der Waals surface area contributed by atoms with Gasteiger partial charge in [-0.05, 0) is 19.9 Å². The van der Waals surface area contributed by atoms with Gasteiger partial charge in [0.1, 0.15) is 23.0 Å². The second-order valence-electron chi connectivity index (χ2n) is 5.45. The Balaban J connectivity index is 2.14. The Morgan fingerprint density at radius 1 is 1.05 bits per heavy atom. The zero-order valence-corrected chi connectivity index (χ0v) is 12.3. The molecule has 0 saturated heterocycles. The Kier molecular flexibility index (Phi) is 3.20. The summed E-state index contributed by atoms with van der Waals surface area (Å²) in [5, 5.41) is 30.1. The van der Waals surface area contributed by atoms with Crippen LogP contribution in [0.3, 0.4) is 0 Å². The molecule has 1 atom stereocenters. The van der Waals surface area contributed by atoms with E-state index in [-0.39, 0.29) is 29.5 Å². The molecule has 2 aromatic carbocycles. The smallest absolute Gasteiger partial charge is 0.186 e. The van der Waals surface area contributed by atoms with Crippen molar-refractivity contribution < 1.29 is 24.9 Å². The first kappa shape index (κ1) is 14.3. The topological polar surface area (TPSA) is 87.0 Å². The number of phenols is 3. The predicted octanol–water partition coefficient (Wildman–Crippen LogP) is 2.67. The van der Waals surface area contributed by atoms with Crippen LogP contribution < -0.4 is 4.74 Å². The molecular weight excluding hydrogens is 284 g/mol. The van der Waals surface area contributed by atoms with Gasteiger partial charge in [-0.1, -0.05) is 18.2 Å². The zero-order chi connectivity index (χ0) is 16.0. The van der Waals surface area contributed by atoms with Crippen LogP contribution >= 0.6 is 0 Å². The van der Waals surface area contributed by atoms with Crippen LogP contribution in [0.25, 0.3) is 0 Å². The van der Waals surface area contributed by atoms with Crippen molar-refractivity contribution in [1.29, 1.82) is 0 Å². The maximum absolute atomic E-state index is 12.4. The van der Waals surface area contributed by atoms with Crippen LogP contribution in [0.15, 0.2) is 24.3 Å². The summed E-state index contributed by atoms with van der Waals surface area (Å²) < 4.78 is 5.73. The van der Waals surface area contributed by atoms with Crippen molar-refractivity contribution in [3.63, 3.8) is 0 Å². The molecule has 1 aliphatic rings. The number of hydrogen-bond acceptors (Lipinski definition) is 5. The van der Waals surface area contributed by atoms with Crippen LogP contribution in [-0.2, 0) is 11.2 Å². The van der Waals surface area contributed by atoms with Crippen LogP contribution in [0, 0.1) is 13.8 Å². The molecule has 0 aliphatic carbocycles. The molecule has 3 N–H and O–H groups in total. The normalized spacial score (nSPS) is 17.0. The van der Waals surface area contributed by atoms with E-state index in [0.717, 1.165) is 0 Å². The predicted molar refractivity (Wildman–Crippen MR) is 79.4 cm³/mol. The summed E-state index contributed by atoms with van der Waals surface area (Å²) in [5.74, 6) is -0.159. The zero-order valence-electron chi connectivity index (χ0n) is 12.3. The highest BCUT2D eigenvalue weighted by Gasteiger charge is 2.35. The van der Waals surface area contributed by atoms with Gasteiger partial charge in [-0.15, -0.1) is 0 Å². The standard InChI is InChI=1S/C17H16O5/c1-8-14(20)9(2)16-11(15(8)21)7-13(19)17(22-16)10-5-3-4-6-12(10)18/h3-6,17-18,20-21H,7H2,1-2H3. The number of carbonyl (C=O) groups excluding carboxylic acids is 1. The third-order valence-corrected chi connectivity index (χ3v) is 4.06. The van der Waals surface area contributed by atoms with Gasteiger partial charge in [-0.2, -0.15) is 0 Å². The van der Waals surface area contributed by atoms with E-state index < -0.39 is 6.10 Å². The van der Waals surface area contributed by atoms with Gasteiger partial charge < -0.3 is 20.1 Å². The molecule has 1 unspecified atom stereocenters. The Labute approximate surface area is 127 Å². The largest absolute Gasteiger partial charge is 0.508 e. The molecule has 2 aromatic rings. The van der Waals surface area contributed by atoms with E-state index in [1.165, 1.54) is 6.07 Å². The van der Waals surface area contributed by atoms with Crippen LogP contribution in [0.1, 0.15) is 28.4 Å². The van der Waals surface area contributed by atoms with Crippen LogP contribution in [0.4, 0.5) is 0 Å². The maximum Gasteiger partial charge on any atom is 0.186 e. The molecule has 1 aliphatic heterocycles. The highest BCUT2D eigenvalue weighted by molar-refractivity contribution is 5.90. The SMILES string of the molecule is Cc1c(O)c(C)c2c(c1O)CC(=O)C(c1ccccc1O)O2. The van der Waals surface area contributed by atoms with E-state index in [1.54, 1.807) is 32.0 Å². The monoisotopic (exact) mass is 300 g/mol. The molecule has 22 heavy (non-hydrogen) atoms. The molecule has 1 heterocycles. The number of rotatable bonds is 1. The summed E-state index contributed by atoms with van der Waals surface area (Å²) in [6, 6.07) is 6.47. The second-order valence-corrected chi connectivity index (χ2v) is 5.45. The molecule has 0 spiro atoms. The Morgan fingerprint density at radius 3 is 2.41 bits per heavy atom. The van der Waals surface area contributed by atoms with Crippen molar-refractivity contribution in [1.82, 2.24) is 0 Å². The van der Waals surface area contributed by atoms with E-state index in [2.05, 4.69) is 0 Å². The van der Waals surface area contributed by atoms with Crippen LogP contribution in [-0.4, -0.2) is 21.1 Å². The molecule has 0 fully saturated rings. The first-order chi connectivity index (χ1) is 10.4. The first-order valence-electron chi connectivity index (χ1n) is 6.93. The number of carbonyl (C=O) groups is 1. The number of ketones is 1. The third kappa shape index (κ3) is 1.97. The van der Waals surface area contributed by atoms with Gasteiger partial charge in [-0.3, -0.25) is 4.79 Å². The molecule has 0 bridgehead atoms. The van der Waals surface area contributed by atoms with E-state index >= 15 is 0 Å². The van der Waals surface area contributed by atoms with Crippen molar-refractivity contribution in [2.24, 2.45) is 0 Å². The fourth-order valence-corrected chi connectivity index (χ4v) is 2.78. The molecule has 5 nitrogen and oxygen atoms in total. The van der Waals surface area contributed by atoms with Gasteiger partial charge in [0.15, 0.2) is 11.9 Å². The minimum atomic E-state index is -0.950. The first-order valence-corrected chi connectivity index (χ1v) is 6.93. The van der Waals surface area contributed by atoms with Gasteiger partial charge in [0.05, 0.1) is 0 Å². The second kappa shape index (κ2) is 4.94. The Bertz CT molecular complexity index is 779. The molecule has 5 heteroatoms. The quantitative estimate of drug-likeness (QED) is 0.753. The molecule has 0 radical (unpaired) electrons. The minimum Gasteiger partial charge on any atom is -0.508 e. The minimum absolute atomic E-state index is 0.0118. The van der Waals surface area contributed by atoms with Crippen molar-refractivity contribution in [2.45, 2.75) is 26.4 Å². The van der Waals surface area contributed by atoms with E-state index in [9.17, 15) is 20.1 Å².